The molecule has 0 aliphatic carbocycles. The van der Waals surface area contributed by atoms with Crippen LogP contribution in [0.15, 0.2) is 18.2 Å². The summed E-state index contributed by atoms with van der Waals surface area (Å²) in [4.78, 5) is 0. The predicted molar refractivity (Wildman–Crippen MR) is 48.4 cm³/mol. The maximum absolute atomic E-state index is 5.51. The van der Waals surface area contributed by atoms with Crippen molar-refractivity contribution in [3.63, 3.8) is 0 Å². The molecular weight excluding hydrogens is 141 g/mol. The summed E-state index contributed by atoms with van der Waals surface area (Å²) in [5, 5.41) is 1.20. The molecule has 1 unspecified atom stereocenters. The second kappa shape index (κ2) is 3.14. The van der Waals surface area contributed by atoms with E-state index in [1.807, 2.05) is 0 Å². The number of nitrogens with two attached hydrogens (primary N) is 1. The first-order valence-corrected chi connectivity index (χ1v) is 3.87. The maximum Gasteiger partial charge on any atom is 0.0184 e. The fraction of sp³-hybridized carbons (Fsp3) is 0.250. The van der Waals surface area contributed by atoms with Gasteiger partial charge < -0.3 is 5.73 Å². The van der Waals surface area contributed by atoms with Crippen LogP contribution in [0.4, 0.5) is 0 Å². The Balaban J connectivity index is 3.09. The molecule has 0 aliphatic heterocycles. The Hall–Kier alpha value is -0.390. The van der Waals surface area contributed by atoms with Crippen molar-refractivity contribution in [3.8, 4) is 0 Å². The van der Waals surface area contributed by atoms with Crippen LogP contribution in [0.1, 0.15) is 11.1 Å². The molecule has 0 amide bonds. The van der Waals surface area contributed by atoms with Crippen molar-refractivity contribution in [1.29, 1.82) is 0 Å². The number of hydrogen-bond donors (Lipinski definition) is 1. The average molecular weight is 153 g/mol. The van der Waals surface area contributed by atoms with Gasteiger partial charge in [-0.25, -0.2) is 0 Å². The monoisotopic (exact) mass is 153 g/mol. The van der Waals surface area contributed by atoms with E-state index in [-0.39, 0.29) is 0 Å². The lowest BCUT2D eigenvalue weighted by atomic mass is 10.1. The van der Waals surface area contributed by atoms with Gasteiger partial charge in [0.2, 0.25) is 0 Å². The van der Waals surface area contributed by atoms with Gasteiger partial charge in [0.25, 0.3) is 0 Å². The van der Waals surface area contributed by atoms with E-state index in [2.05, 4.69) is 34.4 Å². The van der Waals surface area contributed by atoms with E-state index in [0.717, 1.165) is 0 Å². The van der Waals surface area contributed by atoms with Crippen LogP contribution >= 0.6 is 9.24 Å². The zero-order chi connectivity index (χ0) is 7.56. The molecule has 2 N–H and O–H groups in total. The van der Waals surface area contributed by atoms with Crippen molar-refractivity contribution in [1.82, 2.24) is 0 Å². The molecule has 1 aromatic carbocycles. The first-order valence-electron chi connectivity index (χ1n) is 3.29. The highest BCUT2D eigenvalue weighted by atomic mass is 31.0. The van der Waals surface area contributed by atoms with Crippen molar-refractivity contribution < 1.29 is 0 Å². The molecule has 0 spiro atoms. The minimum absolute atomic E-state index is 0.626. The van der Waals surface area contributed by atoms with Crippen molar-refractivity contribution in [3.05, 3.63) is 29.3 Å². The zero-order valence-electron chi connectivity index (χ0n) is 6.09. The molecule has 0 heterocycles. The highest BCUT2D eigenvalue weighted by molar-refractivity contribution is 7.27. The summed E-state index contributed by atoms with van der Waals surface area (Å²) in [6, 6.07) is 6.27. The van der Waals surface area contributed by atoms with Crippen LogP contribution in [0.3, 0.4) is 0 Å². The van der Waals surface area contributed by atoms with E-state index < -0.39 is 0 Å². The summed E-state index contributed by atoms with van der Waals surface area (Å²) in [5.41, 5.74) is 7.99. The van der Waals surface area contributed by atoms with Gasteiger partial charge in [0.15, 0.2) is 0 Å². The summed E-state index contributed by atoms with van der Waals surface area (Å²) < 4.78 is 0. The molecule has 1 aromatic rings. The zero-order valence-corrected chi connectivity index (χ0v) is 7.25. The van der Waals surface area contributed by atoms with E-state index >= 15 is 0 Å². The quantitative estimate of drug-likeness (QED) is 0.597. The Morgan fingerprint density at radius 2 is 2.20 bits per heavy atom. The molecule has 10 heavy (non-hydrogen) atoms. The first-order chi connectivity index (χ1) is 4.74. The Kier molecular flexibility index (Phi) is 2.42. The van der Waals surface area contributed by atoms with E-state index in [0.29, 0.717) is 6.54 Å². The molecule has 1 atom stereocenters. The summed E-state index contributed by atoms with van der Waals surface area (Å²) in [6.45, 7) is 2.70. The van der Waals surface area contributed by atoms with Crippen LogP contribution < -0.4 is 11.0 Å². The topological polar surface area (TPSA) is 26.0 Å². The molecule has 54 valence electrons. The second-order valence-corrected chi connectivity index (χ2v) is 3.03. The molecule has 0 saturated heterocycles. The van der Waals surface area contributed by atoms with E-state index in [9.17, 15) is 0 Å². The van der Waals surface area contributed by atoms with Crippen LogP contribution in [0.25, 0.3) is 0 Å². The summed E-state index contributed by atoms with van der Waals surface area (Å²) in [7, 11) is 2.67. The Morgan fingerprint density at radius 1 is 1.50 bits per heavy atom. The van der Waals surface area contributed by atoms with E-state index in [1.165, 1.54) is 16.4 Å². The molecular formula is C8H12NP. The lowest BCUT2D eigenvalue weighted by Gasteiger charge is -2.02. The normalized spacial score (nSPS) is 9.90. The minimum Gasteiger partial charge on any atom is -0.326 e. The van der Waals surface area contributed by atoms with Gasteiger partial charge in [-0.15, -0.1) is 9.24 Å². The Morgan fingerprint density at radius 3 is 2.70 bits per heavy atom. The molecule has 0 aromatic heterocycles. The fourth-order valence-corrected chi connectivity index (χ4v) is 1.21. The largest absolute Gasteiger partial charge is 0.326 e. The van der Waals surface area contributed by atoms with Crippen molar-refractivity contribution >= 4 is 14.5 Å². The van der Waals surface area contributed by atoms with Crippen LogP contribution in [0, 0.1) is 6.92 Å². The Bertz CT molecular complexity index is 233. The molecule has 1 rings (SSSR count). The van der Waals surface area contributed by atoms with Gasteiger partial charge in [0, 0.05) is 6.54 Å². The van der Waals surface area contributed by atoms with Crippen molar-refractivity contribution in [2.45, 2.75) is 13.5 Å². The summed E-state index contributed by atoms with van der Waals surface area (Å²) in [5.74, 6) is 0. The minimum atomic E-state index is 0.626. The standard InChI is InChI=1S/C8H12NP/c1-6-2-3-8(10)7(4-6)5-9/h2-4H,5,9-10H2,1H3. The second-order valence-electron chi connectivity index (χ2n) is 2.41. The van der Waals surface area contributed by atoms with Crippen molar-refractivity contribution in [2.75, 3.05) is 0 Å². The highest BCUT2D eigenvalue weighted by Crippen LogP contribution is 2.03. The third-order valence-electron chi connectivity index (χ3n) is 1.52. The van der Waals surface area contributed by atoms with Crippen molar-refractivity contribution in [2.24, 2.45) is 5.73 Å². The predicted octanol–water partition coefficient (Wildman–Crippen LogP) is 0.954. The van der Waals surface area contributed by atoms with Crippen LogP contribution in [-0.4, -0.2) is 0 Å². The SMILES string of the molecule is Cc1ccc(P)c(CN)c1. The third-order valence-corrected chi connectivity index (χ3v) is 2.08. The van der Waals surface area contributed by atoms with Crippen LogP contribution in [0.5, 0.6) is 0 Å². The van der Waals surface area contributed by atoms with Gasteiger partial charge in [-0.05, 0) is 17.8 Å². The summed E-state index contributed by atoms with van der Waals surface area (Å²) in [6.07, 6.45) is 0. The van der Waals surface area contributed by atoms with Gasteiger partial charge >= 0.3 is 0 Å². The molecule has 2 heteroatoms. The van der Waals surface area contributed by atoms with E-state index in [1.54, 1.807) is 0 Å². The number of rotatable bonds is 1. The van der Waals surface area contributed by atoms with Crippen LogP contribution in [-0.2, 0) is 6.54 Å². The third kappa shape index (κ3) is 1.56. The van der Waals surface area contributed by atoms with E-state index in [4.69, 9.17) is 5.73 Å². The summed E-state index contributed by atoms with van der Waals surface area (Å²) >= 11 is 0. The molecule has 0 radical (unpaired) electrons. The van der Waals surface area contributed by atoms with Gasteiger partial charge in [0.1, 0.15) is 0 Å². The van der Waals surface area contributed by atoms with Gasteiger partial charge in [-0.3, -0.25) is 0 Å². The lowest BCUT2D eigenvalue weighted by Crippen LogP contribution is -2.07. The molecule has 0 saturated carbocycles. The average Bonchev–Trinajstić information content (AvgIpc) is 1.94. The van der Waals surface area contributed by atoms with Gasteiger partial charge in [-0.1, -0.05) is 23.8 Å². The van der Waals surface area contributed by atoms with Crippen LogP contribution in [0.2, 0.25) is 0 Å². The molecule has 0 aliphatic rings. The number of hydrogen-bond acceptors (Lipinski definition) is 1. The highest BCUT2D eigenvalue weighted by Gasteiger charge is 1.93. The fourth-order valence-electron chi connectivity index (χ4n) is 0.911. The first kappa shape index (κ1) is 7.71. The lowest BCUT2D eigenvalue weighted by molar-refractivity contribution is 1.08. The Labute approximate surface area is 63.8 Å². The van der Waals surface area contributed by atoms with Gasteiger partial charge in [-0.2, -0.15) is 0 Å². The number of benzene rings is 1. The molecule has 0 bridgehead atoms. The molecule has 0 fully saturated rings. The van der Waals surface area contributed by atoms with Gasteiger partial charge in [0.05, 0.1) is 0 Å². The maximum atomic E-state index is 5.51. The molecule has 1 nitrogen and oxygen atoms in total. The smallest absolute Gasteiger partial charge is 0.0184 e. The number of aryl methyl sites for hydroxylation is 1.